The first-order valence-corrected chi connectivity index (χ1v) is 11.0. The van der Waals surface area contributed by atoms with Gasteiger partial charge in [0.1, 0.15) is 6.04 Å². The Morgan fingerprint density at radius 2 is 1.60 bits per heavy atom. The summed E-state index contributed by atoms with van der Waals surface area (Å²) in [7, 11) is 1.98. The molecule has 0 aromatic heterocycles. The summed E-state index contributed by atoms with van der Waals surface area (Å²) in [5, 5.41) is 5.38. The predicted octanol–water partition coefficient (Wildman–Crippen LogP) is 2.58. The van der Waals surface area contributed by atoms with Crippen molar-refractivity contribution in [3.8, 4) is 0 Å². The average molecular weight is 414 g/mol. The third kappa shape index (κ3) is 5.14. The standard InChI is InChI=1S/C23H31N3O4/c1-24-14-8-6-4-2-3-5-7-9-16-10-11-17-18(15-16)23(30)26(22(17)29)19-12-13-20(27)25-21(19)28/h10-11,15,19,24H,2-9,12-14H2,1H3,(H,25,27,28). The molecular weight excluding hydrogens is 382 g/mol. The molecule has 162 valence electrons. The number of imide groups is 2. The topological polar surface area (TPSA) is 95.6 Å². The SMILES string of the molecule is CNCCCCCCCCCc1ccc2c(c1)C(=O)N(C1CCC(=O)NC1=O)C2=O. The van der Waals surface area contributed by atoms with Crippen molar-refractivity contribution in [2.24, 2.45) is 0 Å². The van der Waals surface area contributed by atoms with Crippen molar-refractivity contribution in [2.45, 2.75) is 70.3 Å². The quantitative estimate of drug-likeness (QED) is 0.429. The highest BCUT2D eigenvalue weighted by molar-refractivity contribution is 6.23. The minimum Gasteiger partial charge on any atom is -0.320 e. The van der Waals surface area contributed by atoms with Gasteiger partial charge in [0.2, 0.25) is 11.8 Å². The normalized spacial score (nSPS) is 18.7. The molecule has 0 bridgehead atoms. The number of aryl methyl sites for hydroxylation is 1. The lowest BCUT2D eigenvalue weighted by atomic mass is 10.0. The van der Waals surface area contributed by atoms with E-state index in [0.29, 0.717) is 11.1 Å². The van der Waals surface area contributed by atoms with Crippen LogP contribution in [0.5, 0.6) is 0 Å². The van der Waals surface area contributed by atoms with E-state index in [9.17, 15) is 19.2 Å². The Labute approximate surface area is 177 Å². The van der Waals surface area contributed by atoms with Crippen LogP contribution in [0.15, 0.2) is 18.2 Å². The van der Waals surface area contributed by atoms with Crippen molar-refractivity contribution >= 4 is 23.6 Å². The van der Waals surface area contributed by atoms with Crippen LogP contribution >= 0.6 is 0 Å². The zero-order valence-corrected chi connectivity index (χ0v) is 17.7. The zero-order chi connectivity index (χ0) is 21.5. The molecule has 4 amide bonds. The minimum absolute atomic E-state index is 0.130. The Bertz CT molecular complexity index is 821. The molecular formula is C23H31N3O4. The van der Waals surface area contributed by atoms with Crippen LogP contribution in [-0.4, -0.2) is 48.2 Å². The lowest BCUT2D eigenvalue weighted by Crippen LogP contribution is -2.54. The molecule has 7 nitrogen and oxygen atoms in total. The first-order valence-electron chi connectivity index (χ1n) is 11.0. The van der Waals surface area contributed by atoms with E-state index < -0.39 is 23.8 Å². The van der Waals surface area contributed by atoms with Crippen molar-refractivity contribution in [3.05, 3.63) is 34.9 Å². The zero-order valence-electron chi connectivity index (χ0n) is 17.7. The summed E-state index contributed by atoms with van der Waals surface area (Å²) in [5.41, 5.74) is 1.75. The summed E-state index contributed by atoms with van der Waals surface area (Å²) in [6, 6.07) is 4.47. The van der Waals surface area contributed by atoms with Crippen molar-refractivity contribution < 1.29 is 19.2 Å². The van der Waals surface area contributed by atoms with Gasteiger partial charge in [0.05, 0.1) is 11.1 Å². The van der Waals surface area contributed by atoms with Crippen molar-refractivity contribution in [1.29, 1.82) is 0 Å². The number of piperidine rings is 1. The molecule has 3 rings (SSSR count). The second-order valence-electron chi connectivity index (χ2n) is 8.16. The maximum Gasteiger partial charge on any atom is 0.262 e. The van der Waals surface area contributed by atoms with Crippen LogP contribution in [0, 0.1) is 0 Å². The minimum atomic E-state index is -0.911. The fourth-order valence-electron chi connectivity index (χ4n) is 4.19. The van der Waals surface area contributed by atoms with Crippen molar-refractivity contribution in [1.82, 2.24) is 15.5 Å². The number of carbonyl (C=O) groups excluding carboxylic acids is 4. The van der Waals surface area contributed by atoms with E-state index in [2.05, 4.69) is 10.6 Å². The highest BCUT2D eigenvalue weighted by atomic mass is 16.2. The van der Waals surface area contributed by atoms with E-state index in [0.717, 1.165) is 36.3 Å². The van der Waals surface area contributed by atoms with E-state index in [4.69, 9.17) is 0 Å². The number of amides is 4. The van der Waals surface area contributed by atoms with Crippen LogP contribution in [0.2, 0.25) is 0 Å². The lowest BCUT2D eigenvalue weighted by molar-refractivity contribution is -0.136. The fraction of sp³-hybridized carbons (Fsp3) is 0.565. The lowest BCUT2D eigenvalue weighted by Gasteiger charge is -2.27. The van der Waals surface area contributed by atoms with Crippen molar-refractivity contribution in [2.75, 3.05) is 13.6 Å². The van der Waals surface area contributed by atoms with Crippen LogP contribution in [0.3, 0.4) is 0 Å². The third-order valence-electron chi connectivity index (χ3n) is 5.90. The number of hydrogen-bond donors (Lipinski definition) is 2. The van der Waals surface area contributed by atoms with Crippen molar-refractivity contribution in [3.63, 3.8) is 0 Å². The van der Waals surface area contributed by atoms with Gasteiger partial charge in [0.15, 0.2) is 0 Å². The van der Waals surface area contributed by atoms with Gasteiger partial charge in [-0.3, -0.25) is 29.4 Å². The van der Waals surface area contributed by atoms with E-state index in [1.165, 1.54) is 32.1 Å². The molecule has 7 heteroatoms. The van der Waals surface area contributed by atoms with Gasteiger partial charge < -0.3 is 5.32 Å². The summed E-state index contributed by atoms with van der Waals surface area (Å²) in [4.78, 5) is 50.1. The summed E-state index contributed by atoms with van der Waals surface area (Å²) in [6.45, 7) is 1.08. The molecule has 0 saturated carbocycles. The highest BCUT2D eigenvalue weighted by Crippen LogP contribution is 2.28. The van der Waals surface area contributed by atoms with Gasteiger partial charge in [-0.25, -0.2) is 0 Å². The second kappa shape index (κ2) is 10.5. The highest BCUT2D eigenvalue weighted by Gasteiger charge is 2.44. The number of benzene rings is 1. The van der Waals surface area contributed by atoms with E-state index in [1.54, 1.807) is 12.1 Å². The Kier molecular flexibility index (Phi) is 7.74. The Hall–Kier alpha value is -2.54. The van der Waals surface area contributed by atoms with E-state index in [1.807, 2.05) is 13.1 Å². The molecule has 2 heterocycles. The van der Waals surface area contributed by atoms with Crippen LogP contribution in [0.4, 0.5) is 0 Å². The molecule has 2 N–H and O–H groups in total. The first kappa shape index (κ1) is 22.2. The Balaban J connectivity index is 1.50. The van der Waals surface area contributed by atoms with E-state index >= 15 is 0 Å². The maximum atomic E-state index is 12.8. The molecule has 1 saturated heterocycles. The number of fused-ring (bicyclic) bond motifs is 1. The molecule has 1 aromatic carbocycles. The molecule has 1 unspecified atom stereocenters. The molecule has 1 atom stereocenters. The summed E-state index contributed by atoms with van der Waals surface area (Å²) in [6.07, 6.45) is 9.61. The number of nitrogens with one attached hydrogen (secondary N) is 2. The largest absolute Gasteiger partial charge is 0.320 e. The smallest absolute Gasteiger partial charge is 0.262 e. The molecule has 2 aliphatic rings. The average Bonchev–Trinajstić information content (AvgIpc) is 2.97. The summed E-state index contributed by atoms with van der Waals surface area (Å²) in [5.74, 6) is -1.83. The molecule has 0 aliphatic carbocycles. The fourth-order valence-corrected chi connectivity index (χ4v) is 4.19. The predicted molar refractivity (Wildman–Crippen MR) is 113 cm³/mol. The molecule has 0 spiro atoms. The molecule has 2 aliphatic heterocycles. The van der Waals surface area contributed by atoms with Gasteiger partial charge >= 0.3 is 0 Å². The van der Waals surface area contributed by atoms with Crippen LogP contribution in [0.1, 0.15) is 84.1 Å². The Morgan fingerprint density at radius 1 is 0.933 bits per heavy atom. The molecule has 30 heavy (non-hydrogen) atoms. The maximum absolute atomic E-state index is 12.8. The Morgan fingerprint density at radius 3 is 2.30 bits per heavy atom. The number of unbranched alkanes of at least 4 members (excludes halogenated alkanes) is 6. The number of hydrogen-bond acceptors (Lipinski definition) is 5. The van der Waals surface area contributed by atoms with Crippen LogP contribution < -0.4 is 10.6 Å². The molecule has 1 fully saturated rings. The second-order valence-corrected chi connectivity index (χ2v) is 8.16. The van der Waals surface area contributed by atoms with Gasteiger partial charge in [-0.1, -0.05) is 38.2 Å². The van der Waals surface area contributed by atoms with Crippen LogP contribution in [0.25, 0.3) is 0 Å². The van der Waals surface area contributed by atoms with Gasteiger partial charge in [0.25, 0.3) is 11.8 Å². The van der Waals surface area contributed by atoms with Crippen LogP contribution in [-0.2, 0) is 16.0 Å². The third-order valence-corrected chi connectivity index (χ3v) is 5.90. The summed E-state index contributed by atoms with van der Waals surface area (Å²) >= 11 is 0. The number of nitrogens with zero attached hydrogens (tertiary/aromatic N) is 1. The van der Waals surface area contributed by atoms with Gasteiger partial charge in [-0.05, 0) is 57.0 Å². The monoisotopic (exact) mass is 413 g/mol. The molecule has 0 radical (unpaired) electrons. The summed E-state index contributed by atoms with van der Waals surface area (Å²) < 4.78 is 0. The van der Waals surface area contributed by atoms with Gasteiger partial charge in [-0.15, -0.1) is 0 Å². The van der Waals surface area contributed by atoms with Gasteiger partial charge in [0, 0.05) is 6.42 Å². The number of carbonyl (C=O) groups is 4. The molecule has 1 aromatic rings. The number of rotatable bonds is 11. The van der Waals surface area contributed by atoms with Gasteiger partial charge in [-0.2, -0.15) is 0 Å². The van der Waals surface area contributed by atoms with E-state index in [-0.39, 0.29) is 18.7 Å². The first-order chi connectivity index (χ1) is 14.5.